The van der Waals surface area contributed by atoms with E-state index in [0.717, 1.165) is 13.6 Å². The molecular weight excluding hydrogens is 602 g/mol. The van der Waals surface area contributed by atoms with Crippen LogP contribution in [0, 0.1) is 19.0 Å². The Balaban J connectivity index is 1.66. The highest BCUT2D eigenvalue weighted by molar-refractivity contribution is 14.1. The fourth-order valence-corrected chi connectivity index (χ4v) is 9.55. The van der Waals surface area contributed by atoms with Crippen molar-refractivity contribution in [3.05, 3.63) is 65.8 Å². The maximum absolute atomic E-state index is 12.0. The van der Waals surface area contributed by atoms with Gasteiger partial charge in [0.05, 0.1) is 11.1 Å². The standard InChI is InChI=1S/C24H24I2N2O2/c25-19-15(21(27)29)3-1-5-17(19)23-8-13-7-14(9-23)11-24(10-13,12-23)18-6-2-4-16(20(18)26)22(28)30/h1-6,13-14H,7-12H2,(H2,27,29)(H2,28,30). The number of benzene rings is 2. The highest BCUT2D eigenvalue weighted by atomic mass is 127. The van der Waals surface area contributed by atoms with Gasteiger partial charge < -0.3 is 11.5 Å². The molecule has 0 saturated heterocycles. The summed E-state index contributed by atoms with van der Waals surface area (Å²) < 4.78 is 2.03. The van der Waals surface area contributed by atoms with Gasteiger partial charge in [-0.3, -0.25) is 9.59 Å². The molecule has 4 aliphatic rings. The fourth-order valence-electron chi connectivity index (χ4n) is 7.16. The molecule has 2 aromatic rings. The second-order valence-corrected chi connectivity index (χ2v) is 11.7. The lowest BCUT2D eigenvalue weighted by Crippen LogP contribution is -2.56. The number of halogens is 2. The molecule has 0 aromatic heterocycles. The van der Waals surface area contributed by atoms with Crippen molar-refractivity contribution < 1.29 is 9.59 Å². The number of hydrogen-bond donors (Lipinski definition) is 2. The molecule has 4 N–H and O–H groups in total. The summed E-state index contributed by atoms with van der Waals surface area (Å²) in [6, 6.07) is 12.1. The van der Waals surface area contributed by atoms with Gasteiger partial charge in [-0.15, -0.1) is 0 Å². The highest BCUT2D eigenvalue weighted by Crippen LogP contribution is 2.67. The minimum atomic E-state index is -0.357. The summed E-state index contributed by atoms with van der Waals surface area (Å²) in [5, 5.41) is 0. The summed E-state index contributed by atoms with van der Waals surface area (Å²) >= 11 is 4.64. The molecule has 0 radical (unpaired) electrons. The molecule has 6 heteroatoms. The topological polar surface area (TPSA) is 86.2 Å². The van der Waals surface area contributed by atoms with E-state index in [-0.39, 0.29) is 22.6 Å². The monoisotopic (exact) mass is 626 g/mol. The number of hydrogen-bond acceptors (Lipinski definition) is 2. The normalized spacial score (nSPS) is 31.7. The summed E-state index contributed by atoms with van der Waals surface area (Å²) in [6.45, 7) is 0. The van der Waals surface area contributed by atoms with Gasteiger partial charge in [0.1, 0.15) is 0 Å². The molecule has 4 saturated carbocycles. The van der Waals surface area contributed by atoms with Crippen molar-refractivity contribution in [3.8, 4) is 0 Å². The SMILES string of the molecule is NC(=O)c1cccc(C23CC4CC(C2)CC(c2cccc(C(N)=O)c2I)(C4)C3)c1I. The van der Waals surface area contributed by atoms with Gasteiger partial charge >= 0.3 is 0 Å². The van der Waals surface area contributed by atoms with Crippen LogP contribution < -0.4 is 11.5 Å². The molecule has 4 fully saturated rings. The Labute approximate surface area is 203 Å². The number of primary amides is 2. The van der Waals surface area contributed by atoms with Crippen molar-refractivity contribution in [2.45, 2.75) is 49.4 Å². The van der Waals surface area contributed by atoms with E-state index < -0.39 is 0 Å². The van der Waals surface area contributed by atoms with E-state index in [4.69, 9.17) is 11.5 Å². The molecule has 2 aromatic carbocycles. The van der Waals surface area contributed by atoms with Crippen LogP contribution in [0.4, 0.5) is 0 Å². The molecule has 4 aliphatic carbocycles. The minimum absolute atomic E-state index is 0.0673. The van der Waals surface area contributed by atoms with E-state index in [9.17, 15) is 9.59 Å². The molecule has 0 heterocycles. The lowest BCUT2D eigenvalue weighted by molar-refractivity contribution is -0.0288. The number of amides is 2. The third kappa shape index (κ3) is 3.04. The molecule has 6 rings (SSSR count). The second-order valence-electron chi connectivity index (χ2n) is 9.58. The first-order chi connectivity index (χ1) is 14.2. The largest absolute Gasteiger partial charge is 0.366 e. The van der Waals surface area contributed by atoms with Crippen LogP contribution >= 0.6 is 45.2 Å². The van der Waals surface area contributed by atoms with E-state index in [1.807, 2.05) is 24.3 Å². The van der Waals surface area contributed by atoms with Crippen LogP contribution in [-0.4, -0.2) is 11.8 Å². The van der Waals surface area contributed by atoms with Gasteiger partial charge in [-0.25, -0.2) is 0 Å². The zero-order valence-electron chi connectivity index (χ0n) is 16.6. The van der Waals surface area contributed by atoms with Crippen LogP contribution in [0.1, 0.15) is 70.4 Å². The first kappa shape index (κ1) is 20.7. The summed E-state index contributed by atoms with van der Waals surface area (Å²) in [5.74, 6) is 0.633. The Kier molecular flexibility index (Phi) is 4.96. The van der Waals surface area contributed by atoms with E-state index >= 15 is 0 Å². The van der Waals surface area contributed by atoms with Gasteiger partial charge in [0.25, 0.3) is 0 Å². The second kappa shape index (κ2) is 7.18. The molecule has 4 bridgehead atoms. The lowest BCUT2D eigenvalue weighted by Gasteiger charge is -2.63. The lowest BCUT2D eigenvalue weighted by atomic mass is 9.41. The van der Waals surface area contributed by atoms with Crippen LogP contribution in [0.2, 0.25) is 0 Å². The summed E-state index contributed by atoms with van der Waals surface area (Å²) in [7, 11) is 0. The first-order valence-corrected chi connectivity index (χ1v) is 12.6. The summed E-state index contributed by atoms with van der Waals surface area (Å²) in [6.07, 6.45) is 7.06. The predicted molar refractivity (Wildman–Crippen MR) is 133 cm³/mol. The van der Waals surface area contributed by atoms with Crippen LogP contribution in [0.5, 0.6) is 0 Å². The van der Waals surface area contributed by atoms with Gasteiger partial charge in [-0.05, 0) is 130 Å². The van der Waals surface area contributed by atoms with Crippen molar-refractivity contribution in [2.24, 2.45) is 23.3 Å². The molecule has 0 aliphatic heterocycles. The number of carbonyl (C=O) groups is 2. The van der Waals surface area contributed by atoms with Gasteiger partial charge in [0.2, 0.25) is 11.8 Å². The first-order valence-electron chi connectivity index (χ1n) is 10.4. The Morgan fingerprint density at radius 2 is 1.17 bits per heavy atom. The van der Waals surface area contributed by atoms with Gasteiger partial charge in [0.15, 0.2) is 0 Å². The van der Waals surface area contributed by atoms with Crippen LogP contribution in [0.3, 0.4) is 0 Å². The van der Waals surface area contributed by atoms with E-state index in [2.05, 4.69) is 57.3 Å². The quantitative estimate of drug-likeness (QED) is 0.475. The molecule has 156 valence electrons. The Morgan fingerprint density at radius 3 is 1.53 bits per heavy atom. The molecule has 4 nitrogen and oxygen atoms in total. The van der Waals surface area contributed by atoms with E-state index in [0.29, 0.717) is 23.0 Å². The Morgan fingerprint density at radius 1 is 0.767 bits per heavy atom. The van der Waals surface area contributed by atoms with Crippen LogP contribution in [0.25, 0.3) is 0 Å². The van der Waals surface area contributed by atoms with Crippen molar-refractivity contribution >= 4 is 57.0 Å². The number of rotatable bonds is 4. The highest BCUT2D eigenvalue weighted by Gasteiger charge is 2.59. The summed E-state index contributed by atoms with van der Waals surface area (Å²) in [5.41, 5.74) is 15.3. The average molecular weight is 626 g/mol. The van der Waals surface area contributed by atoms with Crippen molar-refractivity contribution in [2.75, 3.05) is 0 Å². The van der Waals surface area contributed by atoms with E-state index in [1.165, 1.54) is 43.2 Å². The van der Waals surface area contributed by atoms with Crippen LogP contribution in [-0.2, 0) is 10.8 Å². The Hall–Kier alpha value is -1.16. The van der Waals surface area contributed by atoms with Gasteiger partial charge in [0, 0.05) is 7.14 Å². The molecular formula is C24H24I2N2O2. The number of nitrogens with two attached hydrogens (primary N) is 2. The molecule has 0 unspecified atom stereocenters. The average Bonchev–Trinajstić information content (AvgIpc) is 2.66. The predicted octanol–water partition coefficient (Wildman–Crippen LogP) is 4.88. The maximum Gasteiger partial charge on any atom is 0.249 e. The van der Waals surface area contributed by atoms with Crippen molar-refractivity contribution in [1.29, 1.82) is 0 Å². The fraction of sp³-hybridized carbons (Fsp3) is 0.417. The third-order valence-electron chi connectivity index (χ3n) is 7.73. The number of carbonyl (C=O) groups excluding carboxylic acids is 2. The van der Waals surface area contributed by atoms with Crippen LogP contribution in [0.15, 0.2) is 36.4 Å². The van der Waals surface area contributed by atoms with Gasteiger partial charge in [-0.1, -0.05) is 24.3 Å². The molecule has 0 spiro atoms. The zero-order valence-corrected chi connectivity index (χ0v) is 20.9. The molecule has 0 atom stereocenters. The van der Waals surface area contributed by atoms with Crippen molar-refractivity contribution in [3.63, 3.8) is 0 Å². The summed E-state index contributed by atoms with van der Waals surface area (Å²) in [4.78, 5) is 24.0. The molecule has 30 heavy (non-hydrogen) atoms. The van der Waals surface area contributed by atoms with Crippen molar-refractivity contribution in [1.82, 2.24) is 0 Å². The maximum atomic E-state index is 12.0. The molecule has 2 amide bonds. The Bertz CT molecular complexity index is 985. The van der Waals surface area contributed by atoms with Gasteiger partial charge in [-0.2, -0.15) is 0 Å². The third-order valence-corrected chi connectivity index (χ3v) is 10.1. The zero-order chi connectivity index (χ0) is 21.3. The van der Waals surface area contributed by atoms with E-state index in [1.54, 1.807) is 0 Å². The minimum Gasteiger partial charge on any atom is -0.366 e. The smallest absolute Gasteiger partial charge is 0.249 e.